The van der Waals surface area contributed by atoms with Crippen LogP contribution in [0.25, 0.3) is 6.08 Å². The van der Waals surface area contributed by atoms with Crippen LogP contribution in [0.15, 0.2) is 53.4 Å². The molecule has 0 aliphatic carbocycles. The van der Waals surface area contributed by atoms with E-state index >= 15 is 0 Å². The maximum atomic E-state index is 13.3. The lowest BCUT2D eigenvalue weighted by atomic mass is 10.1. The number of rotatable bonds is 8. The Labute approximate surface area is 225 Å². The maximum Gasteiger partial charge on any atom is 0.266 e. The summed E-state index contributed by atoms with van der Waals surface area (Å²) in [6.45, 7) is 0.365. The molecule has 0 spiro atoms. The number of carbonyl (C=O) groups is 2. The van der Waals surface area contributed by atoms with Gasteiger partial charge < -0.3 is 9.64 Å². The maximum absolute atomic E-state index is 13.3. The largest absolute Gasteiger partial charge is 0.497 e. The van der Waals surface area contributed by atoms with Gasteiger partial charge in [0.25, 0.3) is 5.91 Å². The minimum absolute atomic E-state index is 0.0272. The molecule has 7 nitrogen and oxygen atoms in total. The van der Waals surface area contributed by atoms with Crippen molar-refractivity contribution in [3.05, 3.63) is 69.6 Å². The molecular formula is C25H25ClN2O5S3. The van der Waals surface area contributed by atoms with Gasteiger partial charge in [-0.25, -0.2) is 8.42 Å². The number of hydrogen-bond donors (Lipinski definition) is 0. The standard InChI is InChI=1S/C25H25ClN2O5S3/c1-33-21-7-5-17(6-8-21)14-22-24(30)27(25(34)35-22)11-9-23(29)28(20-10-12-36(31,32)16-20)15-18-3-2-4-19(26)13-18/h2-8,13-14,20H,9-12,15-16H2,1H3/b22-14-/t20-/m1/s1. The highest BCUT2D eigenvalue weighted by Gasteiger charge is 2.36. The van der Waals surface area contributed by atoms with Crippen LogP contribution >= 0.6 is 35.6 Å². The Hall–Kier alpha value is -2.40. The molecule has 2 aliphatic rings. The Morgan fingerprint density at radius 3 is 2.67 bits per heavy atom. The third-order valence-corrected chi connectivity index (χ3v) is 9.41. The highest BCUT2D eigenvalue weighted by molar-refractivity contribution is 8.26. The Morgan fingerprint density at radius 1 is 1.28 bits per heavy atom. The minimum atomic E-state index is -3.19. The Kier molecular flexibility index (Phi) is 8.39. The Bertz CT molecular complexity index is 1310. The molecule has 2 aliphatic heterocycles. The number of amides is 2. The van der Waals surface area contributed by atoms with Crippen molar-refractivity contribution in [3.8, 4) is 5.75 Å². The number of nitrogens with zero attached hydrogens (tertiary/aromatic N) is 2. The van der Waals surface area contributed by atoms with Crippen LogP contribution in [0.1, 0.15) is 24.0 Å². The fourth-order valence-corrected chi connectivity index (χ4v) is 7.42. The van der Waals surface area contributed by atoms with Crippen LogP contribution < -0.4 is 4.74 Å². The second-order valence-electron chi connectivity index (χ2n) is 8.56. The van der Waals surface area contributed by atoms with E-state index in [2.05, 4.69) is 0 Å². The van der Waals surface area contributed by atoms with Gasteiger partial charge >= 0.3 is 0 Å². The molecule has 2 aromatic rings. The molecule has 0 unspecified atom stereocenters. The molecule has 190 valence electrons. The highest BCUT2D eigenvalue weighted by Crippen LogP contribution is 2.33. The summed E-state index contributed by atoms with van der Waals surface area (Å²) in [5.41, 5.74) is 1.65. The molecule has 11 heteroatoms. The number of halogens is 1. The molecule has 0 N–H and O–H groups in total. The van der Waals surface area contributed by atoms with Gasteiger partial charge in [0.05, 0.1) is 23.5 Å². The van der Waals surface area contributed by atoms with Gasteiger partial charge in [0.2, 0.25) is 5.91 Å². The number of ether oxygens (including phenoxy) is 1. The molecule has 2 heterocycles. The summed E-state index contributed by atoms with van der Waals surface area (Å²) >= 11 is 12.7. The van der Waals surface area contributed by atoms with Crippen LogP contribution in [0.4, 0.5) is 0 Å². The van der Waals surface area contributed by atoms with Gasteiger partial charge in [0, 0.05) is 30.6 Å². The van der Waals surface area contributed by atoms with Crippen LogP contribution in [0, 0.1) is 0 Å². The summed E-state index contributed by atoms with van der Waals surface area (Å²) in [6, 6.07) is 14.0. The zero-order chi connectivity index (χ0) is 25.9. The fraction of sp³-hybridized carbons (Fsp3) is 0.320. The predicted octanol–water partition coefficient (Wildman–Crippen LogP) is 4.16. The molecule has 36 heavy (non-hydrogen) atoms. The first-order valence-corrected chi connectivity index (χ1v) is 14.7. The summed E-state index contributed by atoms with van der Waals surface area (Å²) in [4.78, 5) is 29.8. The molecular weight excluding hydrogens is 540 g/mol. The van der Waals surface area contributed by atoms with E-state index in [0.29, 0.717) is 20.7 Å². The number of hydrogen-bond acceptors (Lipinski definition) is 7. The summed E-state index contributed by atoms with van der Waals surface area (Å²) < 4.78 is 29.8. The average molecular weight is 565 g/mol. The van der Waals surface area contributed by atoms with Crippen molar-refractivity contribution in [2.24, 2.45) is 0 Å². The van der Waals surface area contributed by atoms with Gasteiger partial charge in [-0.1, -0.05) is 59.8 Å². The lowest BCUT2D eigenvalue weighted by molar-refractivity contribution is -0.134. The number of benzene rings is 2. The number of methoxy groups -OCH3 is 1. The lowest BCUT2D eigenvalue weighted by Crippen LogP contribution is -2.42. The van der Waals surface area contributed by atoms with E-state index in [1.54, 1.807) is 36.3 Å². The second-order valence-corrected chi connectivity index (χ2v) is 12.9. The Morgan fingerprint density at radius 2 is 2.03 bits per heavy atom. The molecule has 1 atom stereocenters. The molecule has 2 aromatic carbocycles. The monoisotopic (exact) mass is 564 g/mol. The minimum Gasteiger partial charge on any atom is -0.497 e. The van der Waals surface area contributed by atoms with Crippen LogP contribution in [-0.4, -0.2) is 65.6 Å². The molecule has 4 rings (SSSR count). The van der Waals surface area contributed by atoms with Crippen molar-refractivity contribution in [2.75, 3.05) is 25.2 Å². The van der Waals surface area contributed by atoms with E-state index in [-0.39, 0.29) is 42.8 Å². The molecule has 0 bridgehead atoms. The van der Waals surface area contributed by atoms with E-state index in [1.165, 1.54) is 16.7 Å². The van der Waals surface area contributed by atoms with E-state index in [1.807, 2.05) is 30.3 Å². The van der Waals surface area contributed by atoms with Gasteiger partial charge in [-0.15, -0.1) is 0 Å². The number of thioether (sulfide) groups is 1. The van der Waals surface area contributed by atoms with Crippen molar-refractivity contribution >= 4 is 67.6 Å². The lowest BCUT2D eigenvalue weighted by Gasteiger charge is -2.29. The first-order valence-electron chi connectivity index (χ1n) is 11.3. The summed E-state index contributed by atoms with van der Waals surface area (Å²) in [7, 11) is -1.60. The number of sulfone groups is 1. The number of carbonyl (C=O) groups excluding carboxylic acids is 2. The molecule has 2 fully saturated rings. The molecule has 0 saturated carbocycles. The Balaban J connectivity index is 1.45. The summed E-state index contributed by atoms with van der Waals surface area (Å²) in [6.07, 6.45) is 2.18. The topological polar surface area (TPSA) is 84.0 Å². The van der Waals surface area contributed by atoms with Gasteiger partial charge in [-0.2, -0.15) is 0 Å². The smallest absolute Gasteiger partial charge is 0.266 e. The van der Waals surface area contributed by atoms with Crippen LogP contribution in [0.2, 0.25) is 5.02 Å². The van der Waals surface area contributed by atoms with E-state index in [4.69, 9.17) is 28.6 Å². The summed E-state index contributed by atoms with van der Waals surface area (Å²) in [5.74, 6) is 0.228. The van der Waals surface area contributed by atoms with Crippen molar-refractivity contribution in [3.63, 3.8) is 0 Å². The van der Waals surface area contributed by atoms with E-state index in [0.717, 1.165) is 16.9 Å². The highest BCUT2D eigenvalue weighted by atomic mass is 35.5. The first-order chi connectivity index (χ1) is 17.1. The van der Waals surface area contributed by atoms with Crippen molar-refractivity contribution in [1.29, 1.82) is 0 Å². The quantitative estimate of drug-likeness (QED) is 0.352. The normalized spacial score (nSPS) is 20.2. The van der Waals surface area contributed by atoms with Crippen LogP contribution in [0.3, 0.4) is 0 Å². The van der Waals surface area contributed by atoms with Crippen LogP contribution in [0.5, 0.6) is 5.75 Å². The van der Waals surface area contributed by atoms with Crippen molar-refractivity contribution < 1.29 is 22.7 Å². The molecule has 0 aromatic heterocycles. The zero-order valence-corrected chi connectivity index (χ0v) is 22.8. The van der Waals surface area contributed by atoms with Gasteiger partial charge in [0.15, 0.2) is 9.84 Å². The molecule has 0 radical (unpaired) electrons. The average Bonchev–Trinajstić information content (AvgIpc) is 3.33. The molecule has 2 saturated heterocycles. The third-order valence-electron chi connectivity index (χ3n) is 6.05. The summed E-state index contributed by atoms with van der Waals surface area (Å²) in [5, 5.41) is 0.542. The fourth-order valence-electron chi connectivity index (χ4n) is 4.17. The predicted molar refractivity (Wildman–Crippen MR) is 147 cm³/mol. The SMILES string of the molecule is COc1ccc(/C=C2\SC(=S)N(CCC(=O)N(Cc3cccc(Cl)c3)[C@@H]3CCS(=O)(=O)C3)C2=O)cc1. The molecule has 2 amide bonds. The first kappa shape index (κ1) is 26.7. The van der Waals surface area contributed by atoms with Crippen LogP contribution in [-0.2, 0) is 26.0 Å². The number of thiocarbonyl (C=S) groups is 1. The second kappa shape index (κ2) is 11.3. The van der Waals surface area contributed by atoms with Gasteiger partial charge in [0.1, 0.15) is 10.1 Å². The van der Waals surface area contributed by atoms with E-state index < -0.39 is 15.9 Å². The van der Waals surface area contributed by atoms with E-state index in [9.17, 15) is 18.0 Å². The third kappa shape index (κ3) is 6.47. The zero-order valence-electron chi connectivity index (χ0n) is 19.6. The van der Waals surface area contributed by atoms with Gasteiger partial charge in [-0.3, -0.25) is 14.5 Å². The van der Waals surface area contributed by atoms with Gasteiger partial charge in [-0.05, 0) is 47.9 Å². The van der Waals surface area contributed by atoms with Crippen molar-refractivity contribution in [1.82, 2.24) is 9.80 Å². The van der Waals surface area contributed by atoms with Crippen molar-refractivity contribution in [2.45, 2.75) is 25.4 Å².